The fourth-order valence-electron chi connectivity index (χ4n) is 1.64. The summed E-state index contributed by atoms with van der Waals surface area (Å²) in [4.78, 5) is 0.994. The van der Waals surface area contributed by atoms with Crippen LogP contribution in [0.15, 0.2) is 47.4 Å². The van der Waals surface area contributed by atoms with Crippen LogP contribution in [0.5, 0.6) is 0 Å². The van der Waals surface area contributed by atoms with E-state index in [0.717, 1.165) is 19.8 Å². The van der Waals surface area contributed by atoms with Gasteiger partial charge < -0.3 is 5.32 Å². The third kappa shape index (κ3) is 2.98. The van der Waals surface area contributed by atoms with Gasteiger partial charge in [0.25, 0.3) is 0 Å². The highest BCUT2D eigenvalue weighted by Crippen LogP contribution is 2.28. The van der Waals surface area contributed by atoms with E-state index in [1.165, 1.54) is 0 Å². The predicted octanol–water partition coefficient (Wildman–Crippen LogP) is 4.63. The number of hydrogen-bond donors (Lipinski definition) is 1. The van der Waals surface area contributed by atoms with Crippen molar-refractivity contribution < 1.29 is 0 Å². The van der Waals surface area contributed by atoms with Gasteiger partial charge in [-0.05, 0) is 59.2 Å². The normalized spacial score (nSPS) is 9.83. The second-order valence-electron chi connectivity index (χ2n) is 3.63. The highest BCUT2D eigenvalue weighted by Gasteiger charge is 2.07. The van der Waals surface area contributed by atoms with Crippen LogP contribution >= 0.6 is 34.4 Å². The van der Waals surface area contributed by atoms with Crippen LogP contribution in [0.3, 0.4) is 0 Å². The second kappa shape index (κ2) is 6.12. The van der Waals surface area contributed by atoms with E-state index in [9.17, 15) is 5.26 Å². The van der Waals surface area contributed by atoms with Gasteiger partial charge in [-0.15, -0.1) is 11.8 Å². The first kappa shape index (κ1) is 13.2. The molecule has 0 aliphatic heterocycles. The Labute approximate surface area is 125 Å². The van der Waals surface area contributed by atoms with Crippen LogP contribution in [-0.2, 0) is 0 Å². The molecule has 2 aromatic rings. The lowest BCUT2D eigenvalue weighted by atomic mass is 10.2. The number of anilines is 2. The predicted molar refractivity (Wildman–Crippen MR) is 85.4 cm³/mol. The maximum absolute atomic E-state index is 9.26. The fourth-order valence-corrected chi connectivity index (χ4v) is 2.76. The molecule has 2 nitrogen and oxygen atoms in total. The lowest BCUT2D eigenvalue weighted by Crippen LogP contribution is -1.95. The van der Waals surface area contributed by atoms with Gasteiger partial charge >= 0.3 is 0 Å². The van der Waals surface area contributed by atoms with Crippen molar-refractivity contribution in [1.29, 1.82) is 5.26 Å². The standard InChI is InChI=1S/C14H11IN2S/c1-18-14-7-3-6-13(12(14)9-16)17-11-5-2-4-10(15)8-11/h2-8,17H,1H3. The van der Waals surface area contributed by atoms with Crippen molar-refractivity contribution >= 4 is 45.7 Å². The number of hydrogen-bond acceptors (Lipinski definition) is 3. The van der Waals surface area contributed by atoms with E-state index < -0.39 is 0 Å². The molecule has 2 rings (SSSR count). The van der Waals surface area contributed by atoms with Crippen LogP contribution in [0.2, 0.25) is 0 Å². The Morgan fingerprint density at radius 2 is 2.00 bits per heavy atom. The third-order valence-electron chi connectivity index (χ3n) is 2.46. The number of rotatable bonds is 3. The molecule has 0 saturated carbocycles. The highest BCUT2D eigenvalue weighted by molar-refractivity contribution is 14.1. The zero-order valence-corrected chi connectivity index (χ0v) is 12.7. The zero-order chi connectivity index (χ0) is 13.0. The summed E-state index contributed by atoms with van der Waals surface area (Å²) in [5, 5.41) is 12.6. The van der Waals surface area contributed by atoms with E-state index in [1.807, 2.05) is 48.7 Å². The van der Waals surface area contributed by atoms with Crippen molar-refractivity contribution in [3.05, 3.63) is 51.6 Å². The summed E-state index contributed by atoms with van der Waals surface area (Å²) in [6, 6.07) is 16.2. The van der Waals surface area contributed by atoms with Crippen LogP contribution in [0.25, 0.3) is 0 Å². The molecule has 0 aliphatic rings. The van der Waals surface area contributed by atoms with Crippen LogP contribution in [-0.4, -0.2) is 6.26 Å². The molecule has 0 aliphatic carbocycles. The van der Waals surface area contributed by atoms with E-state index in [2.05, 4.69) is 34.0 Å². The summed E-state index contributed by atoms with van der Waals surface area (Å²) >= 11 is 3.85. The van der Waals surface area contributed by atoms with Crippen molar-refractivity contribution in [2.45, 2.75) is 4.90 Å². The lowest BCUT2D eigenvalue weighted by Gasteiger charge is -2.10. The Morgan fingerprint density at radius 3 is 2.67 bits per heavy atom. The maximum atomic E-state index is 9.26. The minimum Gasteiger partial charge on any atom is -0.354 e. The van der Waals surface area contributed by atoms with Gasteiger partial charge in [-0.25, -0.2) is 0 Å². The van der Waals surface area contributed by atoms with Crippen molar-refractivity contribution in [1.82, 2.24) is 0 Å². The van der Waals surface area contributed by atoms with E-state index in [4.69, 9.17) is 0 Å². The fraction of sp³-hybridized carbons (Fsp3) is 0.0714. The number of nitrogens with zero attached hydrogens (tertiary/aromatic N) is 1. The Hall–Kier alpha value is -1.19. The molecule has 0 atom stereocenters. The molecular formula is C14H11IN2S. The zero-order valence-electron chi connectivity index (χ0n) is 9.77. The summed E-state index contributed by atoms with van der Waals surface area (Å²) in [5.41, 5.74) is 2.55. The highest BCUT2D eigenvalue weighted by atomic mass is 127. The van der Waals surface area contributed by atoms with E-state index in [-0.39, 0.29) is 0 Å². The second-order valence-corrected chi connectivity index (χ2v) is 5.72. The summed E-state index contributed by atoms with van der Waals surface area (Å²) in [6.45, 7) is 0. The Morgan fingerprint density at radius 1 is 1.22 bits per heavy atom. The van der Waals surface area contributed by atoms with Gasteiger partial charge in [0.1, 0.15) is 6.07 Å². The Balaban J connectivity index is 2.38. The van der Waals surface area contributed by atoms with E-state index in [1.54, 1.807) is 11.8 Å². The average Bonchev–Trinajstić information content (AvgIpc) is 2.38. The lowest BCUT2D eigenvalue weighted by molar-refractivity contribution is 1.36. The first-order valence-corrected chi connectivity index (χ1v) is 7.64. The molecule has 90 valence electrons. The molecule has 0 unspecified atom stereocenters. The topological polar surface area (TPSA) is 35.8 Å². The van der Waals surface area contributed by atoms with Gasteiger partial charge in [0, 0.05) is 14.2 Å². The summed E-state index contributed by atoms with van der Waals surface area (Å²) < 4.78 is 1.16. The smallest absolute Gasteiger partial charge is 0.103 e. The van der Waals surface area contributed by atoms with Crippen molar-refractivity contribution in [2.75, 3.05) is 11.6 Å². The maximum Gasteiger partial charge on any atom is 0.103 e. The monoisotopic (exact) mass is 366 g/mol. The molecule has 0 aromatic heterocycles. The molecular weight excluding hydrogens is 355 g/mol. The van der Waals surface area contributed by atoms with Crippen molar-refractivity contribution in [3.63, 3.8) is 0 Å². The summed E-state index contributed by atoms with van der Waals surface area (Å²) in [5.74, 6) is 0. The molecule has 0 bridgehead atoms. The van der Waals surface area contributed by atoms with Crippen molar-refractivity contribution in [2.24, 2.45) is 0 Å². The number of thioether (sulfide) groups is 1. The molecule has 18 heavy (non-hydrogen) atoms. The van der Waals surface area contributed by atoms with Crippen LogP contribution in [0.4, 0.5) is 11.4 Å². The van der Waals surface area contributed by atoms with Gasteiger partial charge in [-0.3, -0.25) is 0 Å². The van der Waals surface area contributed by atoms with Gasteiger partial charge in [-0.2, -0.15) is 5.26 Å². The first-order valence-electron chi connectivity index (χ1n) is 5.34. The Bertz CT molecular complexity index is 605. The van der Waals surface area contributed by atoms with Gasteiger partial charge in [-0.1, -0.05) is 12.1 Å². The Kier molecular flexibility index (Phi) is 4.50. The summed E-state index contributed by atoms with van der Waals surface area (Å²) in [7, 11) is 0. The molecule has 0 fully saturated rings. The molecule has 0 saturated heterocycles. The molecule has 0 amide bonds. The number of nitriles is 1. The SMILES string of the molecule is CSc1cccc(Nc2cccc(I)c2)c1C#N. The molecule has 0 heterocycles. The van der Waals surface area contributed by atoms with Gasteiger partial charge in [0.2, 0.25) is 0 Å². The minimum atomic E-state index is 0.698. The van der Waals surface area contributed by atoms with Crippen LogP contribution in [0, 0.1) is 14.9 Å². The number of nitrogens with one attached hydrogen (secondary N) is 1. The molecule has 4 heteroatoms. The third-order valence-corrected chi connectivity index (χ3v) is 3.91. The molecule has 2 aromatic carbocycles. The van der Waals surface area contributed by atoms with Crippen molar-refractivity contribution in [3.8, 4) is 6.07 Å². The first-order chi connectivity index (χ1) is 8.74. The molecule has 1 N–H and O–H groups in total. The minimum absolute atomic E-state index is 0.698. The van der Waals surface area contributed by atoms with Crippen LogP contribution < -0.4 is 5.32 Å². The van der Waals surface area contributed by atoms with E-state index in [0.29, 0.717) is 5.56 Å². The van der Waals surface area contributed by atoms with Gasteiger partial charge in [0.15, 0.2) is 0 Å². The largest absolute Gasteiger partial charge is 0.354 e. The molecule has 0 radical (unpaired) electrons. The van der Waals surface area contributed by atoms with Crippen LogP contribution in [0.1, 0.15) is 5.56 Å². The summed E-state index contributed by atoms with van der Waals surface area (Å²) in [6.07, 6.45) is 1.98. The number of benzene rings is 2. The number of halogens is 1. The average molecular weight is 366 g/mol. The quantitative estimate of drug-likeness (QED) is 0.636. The van der Waals surface area contributed by atoms with E-state index >= 15 is 0 Å². The van der Waals surface area contributed by atoms with Gasteiger partial charge in [0.05, 0.1) is 11.3 Å². The molecule has 0 spiro atoms.